The molecule has 0 amide bonds. The van der Waals surface area contributed by atoms with E-state index in [4.69, 9.17) is 15.6 Å². The highest BCUT2D eigenvalue weighted by atomic mass is 16.5. The normalized spacial score (nSPS) is 10.8. The van der Waals surface area contributed by atoms with Crippen LogP contribution in [0.15, 0.2) is 24.3 Å². The first kappa shape index (κ1) is 14.6. The first-order valence-electron chi connectivity index (χ1n) is 7.28. The molecule has 0 aliphatic carbocycles. The van der Waals surface area contributed by atoms with E-state index in [0.717, 1.165) is 30.0 Å². The minimum atomic E-state index is 0.545. The SMILES string of the molecule is CCOc1ccc(-n2nc(CC)c(CN)c2CC)cc1. The molecule has 4 heteroatoms. The second-order valence-corrected chi connectivity index (χ2v) is 4.62. The molecule has 1 aromatic carbocycles. The molecule has 108 valence electrons. The van der Waals surface area contributed by atoms with E-state index < -0.39 is 0 Å². The van der Waals surface area contributed by atoms with Crippen LogP contribution in [0.1, 0.15) is 37.7 Å². The van der Waals surface area contributed by atoms with E-state index in [2.05, 4.69) is 13.8 Å². The average Bonchev–Trinajstić information content (AvgIpc) is 2.86. The Kier molecular flexibility index (Phi) is 4.79. The van der Waals surface area contributed by atoms with E-state index >= 15 is 0 Å². The average molecular weight is 273 g/mol. The van der Waals surface area contributed by atoms with Crippen molar-refractivity contribution in [3.63, 3.8) is 0 Å². The van der Waals surface area contributed by atoms with Gasteiger partial charge in [-0.2, -0.15) is 5.10 Å². The number of ether oxygens (including phenoxy) is 1. The number of hydrogen-bond donors (Lipinski definition) is 1. The molecule has 1 aromatic heterocycles. The van der Waals surface area contributed by atoms with Gasteiger partial charge in [0.05, 0.1) is 18.0 Å². The summed E-state index contributed by atoms with van der Waals surface area (Å²) in [6.45, 7) is 7.46. The lowest BCUT2D eigenvalue weighted by Crippen LogP contribution is -2.05. The topological polar surface area (TPSA) is 53.1 Å². The Morgan fingerprint density at radius 2 is 1.80 bits per heavy atom. The van der Waals surface area contributed by atoms with Gasteiger partial charge in [0.2, 0.25) is 0 Å². The Bertz CT molecular complexity index is 558. The van der Waals surface area contributed by atoms with E-state index in [1.807, 2.05) is 35.9 Å². The Balaban J connectivity index is 2.43. The van der Waals surface area contributed by atoms with Crippen LogP contribution in [-0.4, -0.2) is 16.4 Å². The second-order valence-electron chi connectivity index (χ2n) is 4.62. The Labute approximate surface area is 120 Å². The molecule has 1 heterocycles. The van der Waals surface area contributed by atoms with E-state index in [-0.39, 0.29) is 0 Å². The van der Waals surface area contributed by atoms with Crippen LogP contribution in [0.5, 0.6) is 5.75 Å². The van der Waals surface area contributed by atoms with Gasteiger partial charge in [-0.15, -0.1) is 0 Å². The van der Waals surface area contributed by atoms with Gasteiger partial charge in [-0.25, -0.2) is 4.68 Å². The van der Waals surface area contributed by atoms with Crippen molar-refractivity contribution in [3.05, 3.63) is 41.2 Å². The predicted molar refractivity (Wildman–Crippen MR) is 81.4 cm³/mol. The Hall–Kier alpha value is -1.81. The summed E-state index contributed by atoms with van der Waals surface area (Å²) in [6, 6.07) is 8.04. The van der Waals surface area contributed by atoms with Crippen molar-refractivity contribution >= 4 is 0 Å². The van der Waals surface area contributed by atoms with Crippen molar-refractivity contribution in [1.82, 2.24) is 9.78 Å². The summed E-state index contributed by atoms with van der Waals surface area (Å²) in [5, 5.41) is 4.71. The summed E-state index contributed by atoms with van der Waals surface area (Å²) >= 11 is 0. The van der Waals surface area contributed by atoms with Crippen molar-refractivity contribution in [2.24, 2.45) is 5.73 Å². The highest BCUT2D eigenvalue weighted by molar-refractivity contribution is 5.41. The van der Waals surface area contributed by atoms with Gasteiger partial charge in [-0.05, 0) is 44.0 Å². The van der Waals surface area contributed by atoms with E-state index in [0.29, 0.717) is 13.2 Å². The zero-order valence-electron chi connectivity index (χ0n) is 12.5. The summed E-state index contributed by atoms with van der Waals surface area (Å²) in [5.41, 5.74) is 10.4. The molecule has 20 heavy (non-hydrogen) atoms. The van der Waals surface area contributed by atoms with Crippen LogP contribution >= 0.6 is 0 Å². The molecule has 2 rings (SSSR count). The van der Waals surface area contributed by atoms with Crippen molar-refractivity contribution < 1.29 is 4.74 Å². The van der Waals surface area contributed by atoms with Gasteiger partial charge >= 0.3 is 0 Å². The highest BCUT2D eigenvalue weighted by Crippen LogP contribution is 2.21. The smallest absolute Gasteiger partial charge is 0.119 e. The fraction of sp³-hybridized carbons (Fsp3) is 0.438. The van der Waals surface area contributed by atoms with Crippen LogP contribution in [0, 0.1) is 0 Å². The molecular formula is C16H23N3O. The fourth-order valence-electron chi connectivity index (χ4n) is 2.48. The van der Waals surface area contributed by atoms with Crippen molar-refractivity contribution in [2.45, 2.75) is 40.2 Å². The minimum Gasteiger partial charge on any atom is -0.494 e. The quantitative estimate of drug-likeness (QED) is 0.880. The van der Waals surface area contributed by atoms with Crippen LogP contribution in [0.4, 0.5) is 0 Å². The summed E-state index contributed by atoms with van der Waals surface area (Å²) in [7, 11) is 0. The van der Waals surface area contributed by atoms with Gasteiger partial charge in [0.25, 0.3) is 0 Å². The molecule has 4 nitrogen and oxygen atoms in total. The first-order valence-corrected chi connectivity index (χ1v) is 7.28. The largest absolute Gasteiger partial charge is 0.494 e. The Morgan fingerprint density at radius 1 is 1.10 bits per heavy atom. The van der Waals surface area contributed by atoms with Gasteiger partial charge in [0.15, 0.2) is 0 Å². The second kappa shape index (κ2) is 6.57. The molecule has 0 saturated heterocycles. The number of nitrogens with zero attached hydrogens (tertiary/aromatic N) is 2. The molecule has 0 bridgehead atoms. The lowest BCUT2D eigenvalue weighted by Gasteiger charge is -2.08. The monoisotopic (exact) mass is 273 g/mol. The third kappa shape index (κ3) is 2.70. The molecule has 0 unspecified atom stereocenters. The van der Waals surface area contributed by atoms with Crippen LogP contribution in [0.2, 0.25) is 0 Å². The standard InChI is InChI=1S/C16H23N3O/c1-4-15-14(11-17)16(5-2)19(18-15)12-7-9-13(10-8-12)20-6-3/h7-10H,4-6,11,17H2,1-3H3. The molecule has 0 atom stereocenters. The van der Waals surface area contributed by atoms with Gasteiger partial charge in [-0.1, -0.05) is 13.8 Å². The summed E-state index contributed by atoms with van der Waals surface area (Å²) in [6.07, 6.45) is 1.83. The highest BCUT2D eigenvalue weighted by Gasteiger charge is 2.15. The maximum absolute atomic E-state index is 5.88. The number of aryl methyl sites for hydroxylation is 1. The number of hydrogen-bond acceptors (Lipinski definition) is 3. The van der Waals surface area contributed by atoms with Crippen molar-refractivity contribution in [2.75, 3.05) is 6.61 Å². The summed E-state index contributed by atoms with van der Waals surface area (Å²) < 4.78 is 7.49. The third-order valence-electron chi connectivity index (χ3n) is 3.44. The zero-order valence-corrected chi connectivity index (χ0v) is 12.5. The van der Waals surface area contributed by atoms with E-state index in [1.165, 1.54) is 11.3 Å². The molecular weight excluding hydrogens is 250 g/mol. The number of aromatic nitrogens is 2. The fourth-order valence-corrected chi connectivity index (χ4v) is 2.48. The van der Waals surface area contributed by atoms with E-state index in [1.54, 1.807) is 0 Å². The number of nitrogens with two attached hydrogens (primary N) is 1. The van der Waals surface area contributed by atoms with E-state index in [9.17, 15) is 0 Å². The van der Waals surface area contributed by atoms with Crippen LogP contribution in [-0.2, 0) is 19.4 Å². The Morgan fingerprint density at radius 3 is 2.30 bits per heavy atom. The molecule has 2 aromatic rings. The van der Waals surface area contributed by atoms with Gasteiger partial charge in [-0.3, -0.25) is 0 Å². The number of benzene rings is 1. The van der Waals surface area contributed by atoms with Gasteiger partial charge < -0.3 is 10.5 Å². The molecule has 2 N–H and O–H groups in total. The molecule has 0 radical (unpaired) electrons. The van der Waals surface area contributed by atoms with Crippen molar-refractivity contribution in [3.8, 4) is 11.4 Å². The molecule has 0 aliphatic rings. The van der Waals surface area contributed by atoms with Gasteiger partial charge in [0, 0.05) is 17.8 Å². The van der Waals surface area contributed by atoms with Crippen LogP contribution < -0.4 is 10.5 Å². The molecule has 0 saturated carbocycles. The molecule has 0 aliphatic heterocycles. The minimum absolute atomic E-state index is 0.545. The molecule has 0 spiro atoms. The van der Waals surface area contributed by atoms with Crippen molar-refractivity contribution in [1.29, 1.82) is 0 Å². The van der Waals surface area contributed by atoms with Crippen LogP contribution in [0.3, 0.4) is 0 Å². The maximum Gasteiger partial charge on any atom is 0.119 e. The molecule has 0 fully saturated rings. The van der Waals surface area contributed by atoms with Crippen LogP contribution in [0.25, 0.3) is 5.69 Å². The lowest BCUT2D eigenvalue weighted by molar-refractivity contribution is 0.340. The third-order valence-corrected chi connectivity index (χ3v) is 3.44. The predicted octanol–water partition coefficient (Wildman–Crippen LogP) is 2.85. The lowest BCUT2D eigenvalue weighted by atomic mass is 10.1. The van der Waals surface area contributed by atoms with Gasteiger partial charge in [0.1, 0.15) is 5.75 Å². The maximum atomic E-state index is 5.88. The summed E-state index contributed by atoms with van der Waals surface area (Å²) in [4.78, 5) is 0. The zero-order chi connectivity index (χ0) is 14.5. The number of rotatable bonds is 6. The first-order chi connectivity index (χ1) is 9.74. The summed E-state index contributed by atoms with van der Waals surface area (Å²) in [5.74, 6) is 0.885.